The molecule has 1 aliphatic rings. The van der Waals surface area contributed by atoms with Crippen molar-refractivity contribution in [3.63, 3.8) is 0 Å². The van der Waals surface area contributed by atoms with Crippen LogP contribution in [-0.4, -0.2) is 16.9 Å². The zero-order chi connectivity index (χ0) is 15.4. The predicted octanol–water partition coefficient (Wildman–Crippen LogP) is 3.80. The number of hydrogen-bond donors (Lipinski definition) is 1. The van der Waals surface area contributed by atoms with Gasteiger partial charge in [0, 0.05) is 17.1 Å². The van der Waals surface area contributed by atoms with Gasteiger partial charge in [0.15, 0.2) is 5.78 Å². The van der Waals surface area contributed by atoms with E-state index in [-0.39, 0.29) is 29.5 Å². The molecule has 0 aliphatic heterocycles. The average molecular weight is 286 g/mol. The molecule has 0 saturated carbocycles. The minimum absolute atomic E-state index is 0.0404. The molecule has 1 aromatic carbocycles. The molecule has 1 atom stereocenters. The van der Waals surface area contributed by atoms with Gasteiger partial charge >= 0.3 is 5.97 Å². The lowest BCUT2D eigenvalue weighted by molar-refractivity contribution is -0.136. The van der Waals surface area contributed by atoms with Crippen LogP contribution >= 0.6 is 0 Å². The van der Waals surface area contributed by atoms with E-state index in [2.05, 4.69) is 6.58 Å². The molecule has 0 saturated heterocycles. The molecule has 2 rings (SSSR count). The molecule has 108 valence electrons. The summed E-state index contributed by atoms with van der Waals surface area (Å²) in [5, 5.41) is 8.66. The summed E-state index contributed by atoms with van der Waals surface area (Å²) in [7, 11) is 0. The molecule has 3 nitrogen and oxygen atoms in total. The molecule has 0 bridgehead atoms. The van der Waals surface area contributed by atoms with E-state index in [0.717, 1.165) is 5.56 Å². The number of carbonyl (C=O) groups is 2. The van der Waals surface area contributed by atoms with Crippen molar-refractivity contribution in [2.75, 3.05) is 0 Å². The maximum absolute atomic E-state index is 13.2. The summed E-state index contributed by atoms with van der Waals surface area (Å²) < 4.78 is 13.2. The van der Waals surface area contributed by atoms with Gasteiger partial charge in [-0.2, -0.15) is 0 Å². The summed E-state index contributed by atoms with van der Waals surface area (Å²) in [5.74, 6) is -1.77. The van der Waals surface area contributed by atoms with Crippen LogP contribution in [0, 0.1) is 0 Å². The number of ketones is 1. The Bertz CT molecular complexity index is 639. The Hall–Kier alpha value is -2.49. The summed E-state index contributed by atoms with van der Waals surface area (Å²) in [5.41, 5.74) is 1.34. The fraction of sp³-hybridized carbons (Fsp3) is 0.176. The highest BCUT2D eigenvalue weighted by molar-refractivity contribution is 6.10. The normalized spacial score (nSPS) is 17.2. The van der Waals surface area contributed by atoms with Crippen LogP contribution in [0.3, 0.4) is 0 Å². The zero-order valence-electron chi connectivity index (χ0n) is 11.4. The number of allylic oxidation sites excluding steroid dienone is 4. The molecule has 1 aliphatic carbocycles. The van der Waals surface area contributed by atoms with E-state index < -0.39 is 5.97 Å². The highest BCUT2D eigenvalue weighted by Gasteiger charge is 2.15. The number of rotatable bonds is 5. The van der Waals surface area contributed by atoms with Crippen molar-refractivity contribution in [3.05, 3.63) is 71.6 Å². The Balaban J connectivity index is 2.12. The maximum Gasteiger partial charge on any atom is 0.307 e. The average Bonchev–Trinajstić information content (AvgIpc) is 2.46. The predicted molar refractivity (Wildman–Crippen MR) is 77.9 cm³/mol. The Labute approximate surface area is 122 Å². The number of benzene rings is 1. The maximum atomic E-state index is 13.2. The van der Waals surface area contributed by atoms with Crippen LogP contribution in [0.4, 0.5) is 4.39 Å². The largest absolute Gasteiger partial charge is 0.481 e. The first kappa shape index (κ1) is 14.9. The van der Waals surface area contributed by atoms with Gasteiger partial charge in [-0.05, 0) is 24.1 Å². The molecule has 1 unspecified atom stereocenters. The summed E-state index contributed by atoms with van der Waals surface area (Å²) in [6, 6.07) is 6.76. The minimum Gasteiger partial charge on any atom is -0.481 e. The first-order valence-corrected chi connectivity index (χ1v) is 6.55. The third-order valence-corrected chi connectivity index (χ3v) is 3.31. The molecular weight excluding hydrogens is 271 g/mol. The van der Waals surface area contributed by atoms with E-state index >= 15 is 0 Å². The first-order chi connectivity index (χ1) is 9.97. The van der Waals surface area contributed by atoms with Crippen LogP contribution < -0.4 is 0 Å². The molecule has 0 heterocycles. The molecular formula is C17H15FO3. The number of halogens is 1. The standard InChI is InChI=1S/C17H15FO3/c1-11(9-16(19)20)17(21)13-7-5-12(6-8-13)14-3-2-4-15(18)10-14/h2,4-8,10,14H,1,3,9H2,(H,19,20). The molecule has 0 fully saturated rings. The van der Waals surface area contributed by atoms with Crippen molar-refractivity contribution < 1.29 is 19.1 Å². The van der Waals surface area contributed by atoms with E-state index in [1.165, 1.54) is 6.08 Å². The minimum atomic E-state index is -1.08. The lowest BCUT2D eigenvalue weighted by Gasteiger charge is -2.14. The Morgan fingerprint density at radius 3 is 2.52 bits per heavy atom. The SMILES string of the molecule is C=C(CC(=O)O)C(=O)c1ccc(C2C=C(F)C=CC2)cc1. The lowest BCUT2D eigenvalue weighted by atomic mass is 9.91. The molecule has 0 spiro atoms. The van der Waals surface area contributed by atoms with E-state index in [9.17, 15) is 14.0 Å². The number of Topliss-reactive ketones (excluding diaryl/α,β-unsaturated/α-hetero) is 1. The van der Waals surface area contributed by atoms with E-state index in [0.29, 0.717) is 12.0 Å². The highest BCUT2D eigenvalue weighted by atomic mass is 19.1. The molecule has 1 aromatic rings. The van der Waals surface area contributed by atoms with Crippen LogP contribution in [0.15, 0.2) is 60.5 Å². The van der Waals surface area contributed by atoms with Crippen molar-refractivity contribution in [3.8, 4) is 0 Å². The molecule has 0 aromatic heterocycles. The van der Waals surface area contributed by atoms with Crippen molar-refractivity contribution >= 4 is 11.8 Å². The van der Waals surface area contributed by atoms with Gasteiger partial charge in [-0.3, -0.25) is 9.59 Å². The lowest BCUT2D eigenvalue weighted by Crippen LogP contribution is -2.07. The van der Waals surface area contributed by atoms with Crippen molar-refractivity contribution in [1.82, 2.24) is 0 Å². The summed E-state index contributed by atoms with van der Waals surface area (Å²) in [4.78, 5) is 22.5. The second kappa shape index (κ2) is 6.31. The van der Waals surface area contributed by atoms with Crippen LogP contribution in [0.25, 0.3) is 0 Å². The quantitative estimate of drug-likeness (QED) is 0.661. The number of aliphatic carboxylic acids is 1. The van der Waals surface area contributed by atoms with E-state index in [4.69, 9.17) is 5.11 Å². The second-order valence-corrected chi connectivity index (χ2v) is 4.92. The van der Waals surface area contributed by atoms with Gasteiger partial charge in [0.05, 0.1) is 6.42 Å². The Morgan fingerprint density at radius 2 is 1.95 bits per heavy atom. The van der Waals surface area contributed by atoms with Crippen LogP contribution in [0.5, 0.6) is 0 Å². The van der Waals surface area contributed by atoms with Crippen LogP contribution in [-0.2, 0) is 4.79 Å². The van der Waals surface area contributed by atoms with E-state index in [1.807, 2.05) is 0 Å². The van der Waals surface area contributed by atoms with E-state index in [1.54, 1.807) is 36.4 Å². The highest BCUT2D eigenvalue weighted by Crippen LogP contribution is 2.28. The molecule has 4 heteroatoms. The second-order valence-electron chi connectivity index (χ2n) is 4.92. The smallest absolute Gasteiger partial charge is 0.307 e. The van der Waals surface area contributed by atoms with Crippen molar-refractivity contribution in [1.29, 1.82) is 0 Å². The van der Waals surface area contributed by atoms with Gasteiger partial charge in [-0.15, -0.1) is 0 Å². The van der Waals surface area contributed by atoms with Gasteiger partial charge in [0.25, 0.3) is 0 Å². The fourth-order valence-corrected chi connectivity index (χ4v) is 2.22. The molecule has 0 radical (unpaired) electrons. The third kappa shape index (κ3) is 3.75. The topological polar surface area (TPSA) is 54.4 Å². The zero-order valence-corrected chi connectivity index (χ0v) is 11.4. The van der Waals surface area contributed by atoms with Gasteiger partial charge < -0.3 is 5.11 Å². The number of carboxylic acids is 1. The number of carbonyl (C=O) groups excluding carboxylic acids is 1. The van der Waals surface area contributed by atoms with Gasteiger partial charge in [-0.1, -0.05) is 36.9 Å². The monoisotopic (exact) mass is 286 g/mol. The van der Waals surface area contributed by atoms with Gasteiger partial charge in [0.1, 0.15) is 5.83 Å². The number of hydrogen-bond acceptors (Lipinski definition) is 2. The van der Waals surface area contributed by atoms with Crippen LogP contribution in [0.2, 0.25) is 0 Å². The Morgan fingerprint density at radius 1 is 1.29 bits per heavy atom. The van der Waals surface area contributed by atoms with Gasteiger partial charge in [-0.25, -0.2) is 4.39 Å². The van der Waals surface area contributed by atoms with Gasteiger partial charge in [0.2, 0.25) is 0 Å². The van der Waals surface area contributed by atoms with Crippen molar-refractivity contribution in [2.24, 2.45) is 0 Å². The third-order valence-electron chi connectivity index (χ3n) is 3.31. The Kier molecular flexibility index (Phi) is 4.48. The van der Waals surface area contributed by atoms with Crippen LogP contribution in [0.1, 0.15) is 34.7 Å². The molecule has 0 amide bonds. The number of carboxylic acid groups (broad SMARTS) is 1. The summed E-state index contributed by atoms with van der Waals surface area (Å²) in [6.07, 6.45) is 5.09. The molecule has 1 N–H and O–H groups in total. The summed E-state index contributed by atoms with van der Waals surface area (Å²) in [6.45, 7) is 3.49. The first-order valence-electron chi connectivity index (χ1n) is 6.55. The van der Waals surface area contributed by atoms with Crippen molar-refractivity contribution in [2.45, 2.75) is 18.8 Å². The molecule has 21 heavy (non-hydrogen) atoms. The fourth-order valence-electron chi connectivity index (χ4n) is 2.22. The summed E-state index contributed by atoms with van der Waals surface area (Å²) >= 11 is 0.